The van der Waals surface area contributed by atoms with E-state index >= 15 is 0 Å². The van der Waals surface area contributed by atoms with Gasteiger partial charge in [-0.15, -0.1) is 0 Å². The zero-order valence-corrected chi connectivity index (χ0v) is 19.5. The van der Waals surface area contributed by atoms with Gasteiger partial charge in [0.15, 0.2) is 0 Å². The van der Waals surface area contributed by atoms with Crippen LogP contribution in [0.1, 0.15) is 49.7 Å². The number of nitrogens with zero attached hydrogens (tertiary/aromatic N) is 2. The number of esters is 2. The number of rotatable bonds is 10. The minimum atomic E-state index is -0.414. The number of aromatic nitrogens is 1. The van der Waals surface area contributed by atoms with E-state index in [4.69, 9.17) is 21.1 Å². The number of hydrogen-bond donors (Lipinski definition) is 1. The Morgan fingerprint density at radius 2 is 1.75 bits per heavy atom. The van der Waals surface area contributed by atoms with Crippen molar-refractivity contribution < 1.29 is 23.9 Å². The quantitative estimate of drug-likeness (QED) is 0.326. The van der Waals surface area contributed by atoms with Gasteiger partial charge < -0.3 is 14.0 Å². The number of hydrogen-bond acceptors (Lipinski definition) is 6. The SMILES string of the molecule is CCOC(=O)C/C(C)=N/NC(=O)CCn1c(-c2ccc(Cl)cc2)cc(C(=O)OCC)c1C. The van der Waals surface area contributed by atoms with Gasteiger partial charge in [-0.3, -0.25) is 9.59 Å². The fourth-order valence-electron chi connectivity index (χ4n) is 3.10. The first-order valence-corrected chi connectivity index (χ1v) is 10.7. The minimum Gasteiger partial charge on any atom is -0.466 e. The fraction of sp³-hybridized carbons (Fsp3) is 0.391. The second-order valence-electron chi connectivity index (χ2n) is 7.02. The van der Waals surface area contributed by atoms with Gasteiger partial charge in [0, 0.05) is 35.1 Å². The summed E-state index contributed by atoms with van der Waals surface area (Å²) in [7, 11) is 0. The van der Waals surface area contributed by atoms with Crippen LogP contribution in [0.5, 0.6) is 0 Å². The van der Waals surface area contributed by atoms with Crippen molar-refractivity contribution in [2.75, 3.05) is 13.2 Å². The van der Waals surface area contributed by atoms with E-state index in [0.717, 1.165) is 11.3 Å². The molecule has 0 aliphatic carbocycles. The van der Waals surface area contributed by atoms with Crippen LogP contribution in [0, 0.1) is 6.92 Å². The van der Waals surface area contributed by atoms with Gasteiger partial charge in [-0.1, -0.05) is 23.7 Å². The number of nitrogens with one attached hydrogen (secondary N) is 1. The third-order valence-corrected chi connectivity index (χ3v) is 4.89. The molecule has 1 amide bonds. The van der Waals surface area contributed by atoms with Crippen molar-refractivity contribution in [3.05, 3.63) is 46.6 Å². The van der Waals surface area contributed by atoms with Crippen LogP contribution < -0.4 is 5.43 Å². The Morgan fingerprint density at radius 1 is 1.09 bits per heavy atom. The predicted molar refractivity (Wildman–Crippen MR) is 123 cm³/mol. The number of carbonyl (C=O) groups is 3. The number of halogens is 1. The van der Waals surface area contributed by atoms with Crippen LogP contribution in [0.3, 0.4) is 0 Å². The molecule has 0 saturated heterocycles. The van der Waals surface area contributed by atoms with E-state index in [-0.39, 0.29) is 25.4 Å². The zero-order chi connectivity index (χ0) is 23.7. The molecule has 0 radical (unpaired) electrons. The van der Waals surface area contributed by atoms with Crippen molar-refractivity contribution in [2.45, 2.75) is 47.1 Å². The number of amides is 1. The smallest absolute Gasteiger partial charge is 0.339 e. The van der Waals surface area contributed by atoms with Gasteiger partial charge in [0.05, 0.1) is 25.2 Å². The molecule has 0 aliphatic heterocycles. The summed E-state index contributed by atoms with van der Waals surface area (Å²) < 4.78 is 11.9. The molecule has 2 aromatic rings. The van der Waals surface area contributed by atoms with Crippen molar-refractivity contribution >= 4 is 35.2 Å². The van der Waals surface area contributed by atoms with E-state index in [1.54, 1.807) is 39.0 Å². The van der Waals surface area contributed by atoms with Crippen LogP contribution >= 0.6 is 11.6 Å². The van der Waals surface area contributed by atoms with Crippen LogP contribution in [0.2, 0.25) is 5.02 Å². The lowest BCUT2D eigenvalue weighted by molar-refractivity contribution is -0.141. The van der Waals surface area contributed by atoms with Crippen LogP contribution in [0.4, 0.5) is 0 Å². The number of ether oxygens (including phenoxy) is 2. The lowest BCUT2D eigenvalue weighted by Gasteiger charge is -2.12. The molecule has 0 aliphatic rings. The molecule has 1 heterocycles. The van der Waals surface area contributed by atoms with Gasteiger partial charge in [0.1, 0.15) is 0 Å². The Labute approximate surface area is 192 Å². The van der Waals surface area contributed by atoms with Crippen molar-refractivity contribution in [3.63, 3.8) is 0 Å². The maximum Gasteiger partial charge on any atom is 0.339 e. The molecule has 1 N–H and O–H groups in total. The summed E-state index contributed by atoms with van der Waals surface area (Å²) in [6.45, 7) is 7.80. The fourth-order valence-corrected chi connectivity index (χ4v) is 3.22. The number of carbonyl (C=O) groups excluding carboxylic acids is 3. The van der Waals surface area contributed by atoms with Gasteiger partial charge in [-0.05, 0) is 51.5 Å². The molecule has 0 bridgehead atoms. The van der Waals surface area contributed by atoms with Crippen LogP contribution in [-0.4, -0.2) is 41.3 Å². The highest BCUT2D eigenvalue weighted by Crippen LogP contribution is 2.28. The highest BCUT2D eigenvalue weighted by molar-refractivity contribution is 6.30. The van der Waals surface area contributed by atoms with Crippen molar-refractivity contribution in [3.8, 4) is 11.3 Å². The molecular formula is C23H28ClN3O5. The Morgan fingerprint density at radius 3 is 2.38 bits per heavy atom. The topological polar surface area (TPSA) is 99.0 Å². The summed E-state index contributed by atoms with van der Waals surface area (Å²) in [5.74, 6) is -1.13. The Hall–Kier alpha value is -3.13. The number of hydrazone groups is 1. The minimum absolute atomic E-state index is 0.00838. The maximum absolute atomic E-state index is 12.4. The van der Waals surface area contributed by atoms with E-state index < -0.39 is 11.9 Å². The molecule has 0 spiro atoms. The van der Waals surface area contributed by atoms with Crippen molar-refractivity contribution in [1.29, 1.82) is 0 Å². The molecule has 172 valence electrons. The molecule has 0 saturated carbocycles. The lowest BCUT2D eigenvalue weighted by atomic mass is 10.1. The largest absolute Gasteiger partial charge is 0.466 e. The summed E-state index contributed by atoms with van der Waals surface area (Å²) in [6, 6.07) is 9.00. The molecule has 1 aromatic carbocycles. The zero-order valence-electron chi connectivity index (χ0n) is 18.7. The van der Waals surface area contributed by atoms with E-state index in [0.29, 0.717) is 35.1 Å². The molecule has 32 heavy (non-hydrogen) atoms. The normalized spacial score (nSPS) is 11.2. The van der Waals surface area contributed by atoms with Gasteiger partial charge in [0.2, 0.25) is 5.91 Å². The second kappa shape index (κ2) is 12.0. The van der Waals surface area contributed by atoms with E-state index in [1.165, 1.54) is 0 Å². The molecule has 8 nitrogen and oxygen atoms in total. The first-order valence-electron chi connectivity index (χ1n) is 10.4. The molecule has 0 atom stereocenters. The van der Waals surface area contributed by atoms with Gasteiger partial charge in [-0.25, -0.2) is 10.2 Å². The standard InChI is InChI=1S/C23H28ClN3O5/c1-5-31-22(29)13-15(3)25-26-21(28)11-12-27-16(4)19(23(30)32-6-2)14-20(27)17-7-9-18(24)10-8-17/h7-10,14H,5-6,11-13H2,1-4H3,(H,26,28)/b25-15+. The van der Waals surface area contributed by atoms with Crippen LogP contribution in [0.15, 0.2) is 35.4 Å². The van der Waals surface area contributed by atoms with Crippen LogP contribution in [-0.2, 0) is 25.6 Å². The molecule has 0 unspecified atom stereocenters. The van der Waals surface area contributed by atoms with E-state index in [9.17, 15) is 14.4 Å². The van der Waals surface area contributed by atoms with Gasteiger partial charge >= 0.3 is 11.9 Å². The van der Waals surface area contributed by atoms with E-state index in [1.807, 2.05) is 23.6 Å². The lowest BCUT2D eigenvalue weighted by Crippen LogP contribution is -2.22. The third kappa shape index (κ3) is 6.95. The first kappa shape index (κ1) is 25.1. The summed E-state index contributed by atoms with van der Waals surface area (Å²) in [4.78, 5) is 36.2. The Bertz CT molecular complexity index is 996. The monoisotopic (exact) mass is 461 g/mol. The molecular weight excluding hydrogens is 434 g/mol. The number of benzene rings is 1. The Kier molecular flexibility index (Phi) is 9.46. The highest BCUT2D eigenvalue weighted by atomic mass is 35.5. The van der Waals surface area contributed by atoms with Crippen LogP contribution in [0.25, 0.3) is 11.3 Å². The van der Waals surface area contributed by atoms with Crippen molar-refractivity contribution in [1.82, 2.24) is 9.99 Å². The van der Waals surface area contributed by atoms with Gasteiger partial charge in [0.25, 0.3) is 0 Å². The summed E-state index contributed by atoms with van der Waals surface area (Å²) in [5, 5.41) is 4.55. The molecule has 2 rings (SSSR count). The first-order chi connectivity index (χ1) is 15.3. The van der Waals surface area contributed by atoms with Gasteiger partial charge in [-0.2, -0.15) is 5.10 Å². The molecule has 1 aromatic heterocycles. The summed E-state index contributed by atoms with van der Waals surface area (Å²) in [6.07, 6.45) is 0.128. The summed E-state index contributed by atoms with van der Waals surface area (Å²) >= 11 is 6.00. The molecule has 9 heteroatoms. The van der Waals surface area contributed by atoms with Crippen molar-refractivity contribution in [2.24, 2.45) is 5.10 Å². The summed E-state index contributed by atoms with van der Waals surface area (Å²) in [5.41, 5.74) is 5.68. The second-order valence-corrected chi connectivity index (χ2v) is 7.46. The molecule has 0 fully saturated rings. The Balaban J connectivity index is 2.17. The maximum atomic E-state index is 12.4. The predicted octanol–water partition coefficient (Wildman–Crippen LogP) is 4.13. The van der Waals surface area contributed by atoms with E-state index in [2.05, 4.69) is 10.5 Å². The average Bonchev–Trinajstić information content (AvgIpc) is 3.08. The third-order valence-electron chi connectivity index (χ3n) is 4.64. The average molecular weight is 462 g/mol. The highest BCUT2D eigenvalue weighted by Gasteiger charge is 2.20.